The molecule has 0 radical (unpaired) electrons. The van der Waals surface area contributed by atoms with E-state index in [1.54, 1.807) is 11.9 Å². The van der Waals surface area contributed by atoms with Gasteiger partial charge in [0, 0.05) is 31.2 Å². The van der Waals surface area contributed by atoms with Gasteiger partial charge in [0.05, 0.1) is 13.2 Å². The Morgan fingerprint density at radius 3 is 2.78 bits per heavy atom. The van der Waals surface area contributed by atoms with E-state index in [-0.39, 0.29) is 12.0 Å². The molecule has 1 N–H and O–H groups in total. The van der Waals surface area contributed by atoms with Gasteiger partial charge in [-0.25, -0.2) is 8.78 Å². The lowest BCUT2D eigenvalue weighted by Crippen LogP contribution is -2.49. The molecule has 2 fully saturated rings. The minimum atomic E-state index is -2.26. The highest BCUT2D eigenvalue weighted by Crippen LogP contribution is 2.30. The van der Waals surface area contributed by atoms with Crippen molar-refractivity contribution >= 4 is 0 Å². The van der Waals surface area contributed by atoms with Gasteiger partial charge < -0.3 is 15.0 Å². The van der Waals surface area contributed by atoms with E-state index in [2.05, 4.69) is 5.32 Å². The Bertz CT molecular complexity index is 253. The Balaban J connectivity index is 1.85. The number of ether oxygens (including phenoxy) is 1. The van der Waals surface area contributed by atoms with Crippen molar-refractivity contribution in [1.82, 2.24) is 10.2 Å². The highest BCUT2D eigenvalue weighted by molar-refractivity contribution is 4.90. The van der Waals surface area contributed by atoms with Gasteiger partial charge in [0.15, 0.2) is 0 Å². The molecule has 106 valence electrons. The number of nitrogens with one attached hydrogen (secondary N) is 1. The van der Waals surface area contributed by atoms with Crippen LogP contribution in [0.1, 0.15) is 25.7 Å². The molecule has 1 saturated carbocycles. The first kappa shape index (κ1) is 14.2. The molecular formula is C13H24F2N2O. The minimum absolute atomic E-state index is 0.0183. The summed E-state index contributed by atoms with van der Waals surface area (Å²) < 4.78 is 30.4. The van der Waals surface area contributed by atoms with Gasteiger partial charge >= 0.3 is 0 Å². The van der Waals surface area contributed by atoms with Crippen LogP contribution in [0.2, 0.25) is 0 Å². The van der Waals surface area contributed by atoms with Crippen molar-refractivity contribution in [3.8, 4) is 0 Å². The quantitative estimate of drug-likeness (QED) is 0.756. The molecule has 1 atom stereocenters. The third kappa shape index (κ3) is 4.44. The number of alkyl halides is 2. The molecule has 1 unspecified atom stereocenters. The average molecular weight is 262 g/mol. The summed E-state index contributed by atoms with van der Waals surface area (Å²) in [6.45, 7) is 2.94. The first-order valence-electron chi connectivity index (χ1n) is 6.87. The van der Waals surface area contributed by atoms with Gasteiger partial charge in [-0.05, 0) is 32.7 Å². The van der Waals surface area contributed by atoms with Crippen LogP contribution in [0.3, 0.4) is 0 Å². The van der Waals surface area contributed by atoms with Crippen LogP contribution in [-0.2, 0) is 4.74 Å². The zero-order valence-corrected chi connectivity index (χ0v) is 11.1. The smallest absolute Gasteiger partial charge is 0.251 e. The molecule has 1 aliphatic carbocycles. The average Bonchev–Trinajstić information content (AvgIpc) is 3.10. The number of rotatable bonds is 7. The summed E-state index contributed by atoms with van der Waals surface area (Å²) in [5, 5.41) is 3.53. The van der Waals surface area contributed by atoms with Gasteiger partial charge in [0.1, 0.15) is 0 Å². The van der Waals surface area contributed by atoms with Gasteiger partial charge in [0.2, 0.25) is 0 Å². The van der Waals surface area contributed by atoms with Gasteiger partial charge in [-0.3, -0.25) is 0 Å². The van der Waals surface area contributed by atoms with Crippen LogP contribution in [0.5, 0.6) is 0 Å². The summed E-state index contributed by atoms with van der Waals surface area (Å²) in [7, 11) is 1.78. The second-order valence-corrected chi connectivity index (χ2v) is 5.90. The van der Waals surface area contributed by atoms with Crippen LogP contribution in [0.4, 0.5) is 8.78 Å². The van der Waals surface area contributed by atoms with E-state index in [1.165, 1.54) is 12.8 Å². The molecule has 0 aromatic rings. The Kier molecular flexibility index (Phi) is 4.92. The fraction of sp³-hybridized carbons (Fsp3) is 1.00. The normalized spacial score (nSPS) is 29.2. The van der Waals surface area contributed by atoms with E-state index in [0.717, 1.165) is 26.0 Å². The van der Waals surface area contributed by atoms with Crippen molar-refractivity contribution in [2.24, 2.45) is 5.41 Å². The summed E-state index contributed by atoms with van der Waals surface area (Å²) in [6, 6.07) is 0.657. The van der Waals surface area contributed by atoms with Crippen molar-refractivity contribution in [1.29, 1.82) is 0 Å². The van der Waals surface area contributed by atoms with Crippen LogP contribution >= 0.6 is 0 Å². The monoisotopic (exact) mass is 262 g/mol. The van der Waals surface area contributed by atoms with Crippen molar-refractivity contribution in [3.63, 3.8) is 0 Å². The van der Waals surface area contributed by atoms with Gasteiger partial charge in [-0.1, -0.05) is 0 Å². The fourth-order valence-electron chi connectivity index (χ4n) is 2.75. The molecule has 1 heterocycles. The third-order valence-corrected chi connectivity index (χ3v) is 3.80. The predicted molar refractivity (Wildman–Crippen MR) is 67.0 cm³/mol. The molecule has 3 nitrogen and oxygen atoms in total. The predicted octanol–water partition coefficient (Wildman–Crippen LogP) is 1.73. The molecule has 18 heavy (non-hydrogen) atoms. The molecule has 0 amide bonds. The van der Waals surface area contributed by atoms with Gasteiger partial charge in [0.25, 0.3) is 6.43 Å². The van der Waals surface area contributed by atoms with Gasteiger partial charge in [-0.15, -0.1) is 0 Å². The fourth-order valence-corrected chi connectivity index (χ4v) is 2.75. The molecule has 0 spiro atoms. The zero-order chi connectivity index (χ0) is 13.0. The third-order valence-electron chi connectivity index (χ3n) is 3.80. The molecule has 0 bridgehead atoms. The van der Waals surface area contributed by atoms with Crippen LogP contribution in [0.25, 0.3) is 0 Å². The van der Waals surface area contributed by atoms with Crippen molar-refractivity contribution in [3.05, 3.63) is 0 Å². The number of nitrogens with zero attached hydrogens (tertiary/aromatic N) is 1. The largest absolute Gasteiger partial charge is 0.381 e. The molecular weight excluding hydrogens is 238 g/mol. The molecule has 5 heteroatoms. The van der Waals surface area contributed by atoms with E-state index in [4.69, 9.17) is 4.74 Å². The van der Waals surface area contributed by atoms with Crippen molar-refractivity contribution in [2.75, 3.05) is 39.9 Å². The Hall–Kier alpha value is -0.260. The van der Waals surface area contributed by atoms with E-state index >= 15 is 0 Å². The number of halogens is 2. The zero-order valence-electron chi connectivity index (χ0n) is 11.1. The van der Waals surface area contributed by atoms with Crippen LogP contribution in [-0.4, -0.2) is 57.3 Å². The highest BCUT2D eigenvalue weighted by Gasteiger charge is 2.36. The second kappa shape index (κ2) is 6.26. The summed E-state index contributed by atoms with van der Waals surface area (Å²) in [4.78, 5) is 1.74. The first-order chi connectivity index (χ1) is 8.60. The molecule has 2 rings (SSSR count). The molecule has 0 aromatic heterocycles. The molecule has 1 aliphatic heterocycles. The number of hydrogen-bond acceptors (Lipinski definition) is 3. The summed E-state index contributed by atoms with van der Waals surface area (Å²) in [5.41, 5.74) is 0.0183. The lowest BCUT2D eigenvalue weighted by Gasteiger charge is -2.40. The topological polar surface area (TPSA) is 24.5 Å². The SMILES string of the molecule is CN(CC(F)F)CC1(CNC2CC2)CCCOC1. The number of hydrogen-bond donors (Lipinski definition) is 1. The minimum Gasteiger partial charge on any atom is -0.381 e. The Labute approximate surface area is 108 Å². The van der Waals surface area contributed by atoms with Crippen LogP contribution < -0.4 is 5.32 Å². The van der Waals surface area contributed by atoms with E-state index in [0.29, 0.717) is 19.2 Å². The lowest BCUT2D eigenvalue weighted by molar-refractivity contribution is -0.0296. The maximum atomic E-state index is 12.4. The van der Waals surface area contributed by atoms with Crippen LogP contribution in [0, 0.1) is 5.41 Å². The maximum Gasteiger partial charge on any atom is 0.251 e. The van der Waals surface area contributed by atoms with Gasteiger partial charge in [-0.2, -0.15) is 0 Å². The maximum absolute atomic E-state index is 12.4. The summed E-state index contributed by atoms with van der Waals surface area (Å²) >= 11 is 0. The van der Waals surface area contributed by atoms with E-state index in [1.807, 2.05) is 0 Å². The van der Waals surface area contributed by atoms with E-state index < -0.39 is 6.43 Å². The molecule has 1 saturated heterocycles. The standard InChI is InChI=1S/C13H24F2N2O/c1-17(7-12(14)15)9-13(5-2-6-18-10-13)8-16-11-3-4-11/h11-12,16H,2-10H2,1H3. The Morgan fingerprint density at radius 1 is 1.44 bits per heavy atom. The Morgan fingerprint density at radius 2 is 2.22 bits per heavy atom. The summed E-state index contributed by atoms with van der Waals surface area (Å²) in [6.07, 6.45) is 2.36. The summed E-state index contributed by atoms with van der Waals surface area (Å²) in [5.74, 6) is 0. The lowest BCUT2D eigenvalue weighted by atomic mass is 9.81. The molecule has 0 aromatic carbocycles. The molecule has 2 aliphatic rings. The second-order valence-electron chi connectivity index (χ2n) is 5.90. The van der Waals surface area contributed by atoms with Crippen molar-refractivity contribution < 1.29 is 13.5 Å². The highest BCUT2D eigenvalue weighted by atomic mass is 19.3. The van der Waals surface area contributed by atoms with Crippen LogP contribution in [0.15, 0.2) is 0 Å². The first-order valence-corrected chi connectivity index (χ1v) is 6.87. The van der Waals surface area contributed by atoms with E-state index in [9.17, 15) is 8.78 Å². The van der Waals surface area contributed by atoms with Crippen molar-refractivity contribution in [2.45, 2.75) is 38.2 Å².